The van der Waals surface area contributed by atoms with E-state index in [1.54, 1.807) is 12.1 Å². The molecule has 1 aromatic heterocycles. The van der Waals surface area contributed by atoms with Gasteiger partial charge in [0.05, 0.1) is 0 Å². The molecule has 0 saturated heterocycles. The van der Waals surface area contributed by atoms with Crippen molar-refractivity contribution in [1.29, 1.82) is 0 Å². The first-order valence-electron chi connectivity index (χ1n) is 7.28. The van der Waals surface area contributed by atoms with Crippen molar-refractivity contribution < 1.29 is 14.4 Å². The van der Waals surface area contributed by atoms with E-state index in [4.69, 9.17) is 9.47 Å². The number of ether oxygens (including phenoxy) is 2. The second kappa shape index (κ2) is 7.33. The summed E-state index contributed by atoms with van der Waals surface area (Å²) >= 11 is 0. The van der Waals surface area contributed by atoms with Gasteiger partial charge in [0.2, 0.25) is 5.75 Å². The van der Waals surface area contributed by atoms with Gasteiger partial charge in [0.25, 0.3) is 0 Å². The molecule has 1 aromatic rings. The summed E-state index contributed by atoms with van der Waals surface area (Å²) in [5.74, 6) is -0.0498. The Morgan fingerprint density at radius 3 is 3.00 bits per heavy atom. The van der Waals surface area contributed by atoms with Gasteiger partial charge in [-0.3, -0.25) is 0 Å². The van der Waals surface area contributed by atoms with Crippen LogP contribution in [0.4, 0.5) is 5.82 Å². The predicted octanol–water partition coefficient (Wildman–Crippen LogP) is 1.91. The lowest BCUT2D eigenvalue weighted by Gasteiger charge is -2.44. The van der Waals surface area contributed by atoms with Gasteiger partial charge in [0.15, 0.2) is 0 Å². The predicted molar refractivity (Wildman–Crippen MR) is 77.4 cm³/mol. The van der Waals surface area contributed by atoms with Crippen LogP contribution in [0.2, 0.25) is 0 Å². The normalized spacial score (nSPS) is 24.4. The Kier molecular flexibility index (Phi) is 5.46. The molecule has 3 atom stereocenters. The summed E-state index contributed by atoms with van der Waals surface area (Å²) in [5, 5.41) is 14.3. The number of nitro groups is 1. The lowest BCUT2D eigenvalue weighted by molar-refractivity contribution is -0.391. The Morgan fingerprint density at radius 2 is 2.33 bits per heavy atom. The number of hydrogen-bond donors (Lipinski definition) is 1. The van der Waals surface area contributed by atoms with E-state index < -0.39 is 4.92 Å². The fourth-order valence-corrected chi connectivity index (χ4v) is 2.41. The Morgan fingerprint density at radius 1 is 1.52 bits per heavy atom. The molecule has 0 aliphatic heterocycles. The molecule has 1 heterocycles. The van der Waals surface area contributed by atoms with E-state index in [0.717, 1.165) is 19.4 Å². The summed E-state index contributed by atoms with van der Waals surface area (Å²) in [5.41, 5.74) is 0. The van der Waals surface area contributed by atoms with E-state index in [1.807, 2.05) is 13.8 Å². The minimum atomic E-state index is -0.530. The Bertz CT molecular complexity index is 483. The van der Waals surface area contributed by atoms with Crippen molar-refractivity contribution in [2.75, 3.05) is 13.2 Å². The minimum absolute atomic E-state index is 0.0790. The van der Waals surface area contributed by atoms with Crippen LogP contribution in [0, 0.1) is 10.1 Å². The van der Waals surface area contributed by atoms with Gasteiger partial charge in [-0.25, -0.2) is 0 Å². The summed E-state index contributed by atoms with van der Waals surface area (Å²) in [4.78, 5) is 14.2. The third kappa shape index (κ3) is 3.68. The average Bonchev–Trinajstić information content (AvgIpc) is 2.46. The molecule has 1 N–H and O–H groups in total. The molecule has 0 bridgehead atoms. The van der Waals surface area contributed by atoms with Crippen molar-refractivity contribution >= 4 is 5.82 Å². The van der Waals surface area contributed by atoms with E-state index in [2.05, 4.69) is 10.3 Å². The SMILES string of the molecule is CCCOC1C(NCC)CC1Oc1cccnc1[N+](=O)[O-]. The summed E-state index contributed by atoms with van der Waals surface area (Å²) in [6.45, 7) is 5.59. The summed E-state index contributed by atoms with van der Waals surface area (Å²) < 4.78 is 11.6. The molecule has 1 aliphatic carbocycles. The smallest absolute Gasteiger partial charge is 0.406 e. The molecule has 7 nitrogen and oxygen atoms in total. The number of nitrogens with one attached hydrogen (secondary N) is 1. The maximum absolute atomic E-state index is 10.9. The molecule has 3 unspecified atom stereocenters. The highest BCUT2D eigenvalue weighted by atomic mass is 16.6. The first-order valence-corrected chi connectivity index (χ1v) is 7.28. The molecule has 116 valence electrons. The van der Waals surface area contributed by atoms with Crippen molar-refractivity contribution in [2.24, 2.45) is 0 Å². The van der Waals surface area contributed by atoms with Crippen molar-refractivity contribution in [1.82, 2.24) is 10.3 Å². The van der Waals surface area contributed by atoms with Crippen molar-refractivity contribution in [3.05, 3.63) is 28.4 Å². The van der Waals surface area contributed by atoms with Crippen LogP contribution in [0.5, 0.6) is 5.75 Å². The van der Waals surface area contributed by atoms with Crippen LogP contribution in [0.3, 0.4) is 0 Å². The molecule has 1 aliphatic rings. The molecule has 21 heavy (non-hydrogen) atoms. The van der Waals surface area contributed by atoms with Gasteiger partial charge in [0, 0.05) is 19.1 Å². The quantitative estimate of drug-likeness (QED) is 0.582. The van der Waals surface area contributed by atoms with Crippen molar-refractivity contribution in [3.8, 4) is 5.75 Å². The summed E-state index contributed by atoms with van der Waals surface area (Å²) in [6, 6.07) is 3.44. The van der Waals surface area contributed by atoms with Crippen LogP contribution in [0.15, 0.2) is 18.3 Å². The second-order valence-corrected chi connectivity index (χ2v) is 4.97. The number of likely N-dealkylation sites (N-methyl/N-ethyl adjacent to an activating group) is 1. The molecule has 0 radical (unpaired) electrons. The van der Waals surface area contributed by atoms with Crippen LogP contribution in [0.25, 0.3) is 0 Å². The van der Waals surface area contributed by atoms with Crippen LogP contribution in [-0.2, 0) is 4.74 Å². The average molecular weight is 295 g/mol. The van der Waals surface area contributed by atoms with Crippen molar-refractivity contribution in [3.63, 3.8) is 0 Å². The first kappa shape index (κ1) is 15.7. The second-order valence-electron chi connectivity index (χ2n) is 4.97. The lowest BCUT2D eigenvalue weighted by atomic mass is 9.85. The van der Waals surface area contributed by atoms with E-state index in [1.165, 1.54) is 6.20 Å². The number of hydrogen-bond acceptors (Lipinski definition) is 6. The van der Waals surface area contributed by atoms with E-state index in [0.29, 0.717) is 6.61 Å². The molecule has 0 amide bonds. The standard InChI is InChI=1S/C14H21N3O4/c1-3-8-20-13-10(15-4-2)9-12(13)21-11-6-5-7-16-14(11)17(18)19/h5-7,10,12-13,15H,3-4,8-9H2,1-2H3. The fourth-order valence-electron chi connectivity index (χ4n) is 2.41. The zero-order valence-corrected chi connectivity index (χ0v) is 12.3. The summed E-state index contributed by atoms with van der Waals surface area (Å²) in [6.07, 6.45) is 2.83. The zero-order chi connectivity index (χ0) is 15.2. The fraction of sp³-hybridized carbons (Fsp3) is 0.643. The number of aromatic nitrogens is 1. The van der Waals surface area contributed by atoms with Gasteiger partial charge in [-0.1, -0.05) is 13.8 Å². The number of rotatable bonds is 8. The molecule has 1 saturated carbocycles. The largest absolute Gasteiger partial charge is 0.479 e. The van der Waals surface area contributed by atoms with Crippen LogP contribution < -0.4 is 10.1 Å². The highest BCUT2D eigenvalue weighted by molar-refractivity contribution is 5.39. The third-order valence-electron chi connectivity index (χ3n) is 3.43. The Labute approximate surface area is 123 Å². The molecule has 7 heteroatoms. The molecular formula is C14H21N3O4. The maximum atomic E-state index is 10.9. The number of nitrogens with zero attached hydrogens (tertiary/aromatic N) is 2. The third-order valence-corrected chi connectivity index (χ3v) is 3.43. The summed E-state index contributed by atoms with van der Waals surface area (Å²) in [7, 11) is 0. The molecule has 2 rings (SSSR count). The number of pyridine rings is 1. The minimum Gasteiger partial charge on any atom is -0.479 e. The van der Waals surface area contributed by atoms with E-state index in [9.17, 15) is 10.1 Å². The van der Waals surface area contributed by atoms with Gasteiger partial charge in [0.1, 0.15) is 18.4 Å². The van der Waals surface area contributed by atoms with Crippen LogP contribution >= 0.6 is 0 Å². The Hall–Kier alpha value is -1.73. The molecule has 0 spiro atoms. The zero-order valence-electron chi connectivity index (χ0n) is 12.3. The van der Waals surface area contributed by atoms with Crippen LogP contribution in [-0.4, -0.2) is 41.3 Å². The highest BCUT2D eigenvalue weighted by Crippen LogP contribution is 2.32. The molecule has 1 fully saturated rings. The first-order chi connectivity index (χ1) is 10.2. The topological polar surface area (TPSA) is 86.5 Å². The van der Waals surface area contributed by atoms with Gasteiger partial charge < -0.3 is 24.9 Å². The van der Waals surface area contributed by atoms with Gasteiger partial charge in [-0.05, 0) is 35.0 Å². The monoisotopic (exact) mass is 295 g/mol. The molecule has 0 aromatic carbocycles. The molecular weight excluding hydrogens is 274 g/mol. The lowest BCUT2D eigenvalue weighted by Crippen LogP contribution is -2.61. The Balaban J connectivity index is 2.03. The van der Waals surface area contributed by atoms with E-state index >= 15 is 0 Å². The van der Waals surface area contributed by atoms with Gasteiger partial charge in [-0.2, -0.15) is 0 Å². The van der Waals surface area contributed by atoms with Gasteiger partial charge in [-0.15, -0.1) is 0 Å². The highest BCUT2D eigenvalue weighted by Gasteiger charge is 2.44. The van der Waals surface area contributed by atoms with Gasteiger partial charge >= 0.3 is 5.82 Å². The van der Waals surface area contributed by atoms with E-state index in [-0.39, 0.29) is 29.8 Å². The maximum Gasteiger partial charge on any atom is 0.406 e. The van der Waals surface area contributed by atoms with Crippen LogP contribution in [0.1, 0.15) is 26.7 Å². The van der Waals surface area contributed by atoms with Crippen molar-refractivity contribution in [2.45, 2.75) is 44.9 Å².